The molecule has 0 atom stereocenters. The average molecular weight is 88.2 g/mol. The number of rotatable bonds is 2. The van der Waals surface area contributed by atoms with E-state index in [4.69, 9.17) is 0 Å². The summed E-state index contributed by atoms with van der Waals surface area (Å²) >= 11 is 0. The van der Waals surface area contributed by atoms with Crippen LogP contribution < -0.4 is 5.43 Å². The molecule has 0 heterocycles. The Bertz CT molecular complexity index is 26.7. The van der Waals surface area contributed by atoms with E-state index >= 15 is 0 Å². The summed E-state index contributed by atoms with van der Waals surface area (Å²) in [6.07, 6.45) is 0. The lowest BCUT2D eigenvalue weighted by molar-refractivity contribution is 0.299. The molecular weight excluding hydrogens is 76.1 g/mol. The van der Waals surface area contributed by atoms with Gasteiger partial charge in [-0.15, -0.1) is 0 Å². The van der Waals surface area contributed by atoms with Crippen molar-refractivity contribution in [3.63, 3.8) is 0 Å². The molecule has 2 nitrogen and oxygen atoms in total. The van der Waals surface area contributed by atoms with E-state index in [2.05, 4.69) is 12.3 Å². The molecule has 2 heteroatoms. The Hall–Kier alpha value is -0.0800. The molecule has 0 radical (unpaired) electrons. The number of hydrogen-bond donors (Lipinski definition) is 1. The fraction of sp³-hybridized carbons (Fsp3) is 1.00. The van der Waals surface area contributed by atoms with Gasteiger partial charge in [0, 0.05) is 20.6 Å². The van der Waals surface area contributed by atoms with Crippen LogP contribution in [0.2, 0.25) is 0 Å². The van der Waals surface area contributed by atoms with Gasteiger partial charge in [-0.25, -0.2) is 0 Å². The smallest absolute Gasteiger partial charge is 0.00735 e. The molecule has 0 aliphatic heterocycles. The van der Waals surface area contributed by atoms with Gasteiger partial charge in [-0.1, -0.05) is 6.92 Å². The standard InChI is InChI=1S/C4H12N2/c1-4-5-6(2)3/h5H,4H2,1-3H3. The zero-order chi connectivity index (χ0) is 4.99. The van der Waals surface area contributed by atoms with Crippen molar-refractivity contribution in [2.24, 2.45) is 0 Å². The molecule has 0 saturated carbocycles. The van der Waals surface area contributed by atoms with Crippen molar-refractivity contribution < 1.29 is 0 Å². The summed E-state index contributed by atoms with van der Waals surface area (Å²) < 4.78 is 0. The third kappa shape index (κ3) is 3.92. The molecule has 0 fully saturated rings. The van der Waals surface area contributed by atoms with Crippen LogP contribution in [0, 0.1) is 0 Å². The highest BCUT2D eigenvalue weighted by atomic mass is 15.5. The molecule has 0 unspecified atom stereocenters. The Balaban J connectivity index is 2.63. The molecular formula is C4H12N2. The highest BCUT2D eigenvalue weighted by Gasteiger charge is 1.75. The normalized spacial score (nSPS) is 10.0. The van der Waals surface area contributed by atoms with Crippen molar-refractivity contribution in [1.82, 2.24) is 10.4 Å². The monoisotopic (exact) mass is 88.1 g/mol. The number of hydrazine groups is 1. The second kappa shape index (κ2) is 3.12. The van der Waals surface area contributed by atoms with E-state index in [9.17, 15) is 0 Å². The van der Waals surface area contributed by atoms with Gasteiger partial charge in [-0.05, 0) is 0 Å². The maximum atomic E-state index is 3.04. The average Bonchev–Trinajstić information content (AvgIpc) is 1.35. The maximum Gasteiger partial charge on any atom is 0.00735 e. The van der Waals surface area contributed by atoms with Crippen LogP contribution in [0.1, 0.15) is 6.92 Å². The molecule has 0 bridgehead atoms. The summed E-state index contributed by atoms with van der Waals surface area (Å²) in [4.78, 5) is 0. The quantitative estimate of drug-likeness (QED) is 0.481. The minimum atomic E-state index is 1.01. The molecule has 0 aromatic carbocycles. The lowest BCUT2D eigenvalue weighted by Crippen LogP contribution is -2.29. The van der Waals surface area contributed by atoms with Crippen LogP contribution >= 0.6 is 0 Å². The molecule has 6 heavy (non-hydrogen) atoms. The zero-order valence-electron chi connectivity index (χ0n) is 4.65. The van der Waals surface area contributed by atoms with E-state index in [0.717, 1.165) is 6.54 Å². The van der Waals surface area contributed by atoms with Gasteiger partial charge in [0.25, 0.3) is 0 Å². The second-order valence-corrected chi connectivity index (χ2v) is 1.41. The topological polar surface area (TPSA) is 15.3 Å². The van der Waals surface area contributed by atoms with E-state index in [1.165, 1.54) is 0 Å². The summed E-state index contributed by atoms with van der Waals surface area (Å²) in [7, 11) is 3.95. The zero-order valence-corrected chi connectivity index (χ0v) is 4.65. The summed E-state index contributed by atoms with van der Waals surface area (Å²) in [5.41, 5.74) is 3.04. The molecule has 0 aromatic heterocycles. The van der Waals surface area contributed by atoms with Gasteiger partial charge in [0.15, 0.2) is 0 Å². The third-order valence-corrected chi connectivity index (χ3v) is 0.474. The minimum absolute atomic E-state index is 1.01. The third-order valence-electron chi connectivity index (χ3n) is 0.474. The largest absolute Gasteiger partial charge is 0.256 e. The molecule has 0 rings (SSSR count). The summed E-state index contributed by atoms with van der Waals surface area (Å²) in [6.45, 7) is 3.08. The molecule has 38 valence electrons. The lowest BCUT2D eigenvalue weighted by atomic mass is 10.8. The van der Waals surface area contributed by atoms with Crippen LogP contribution in [0.15, 0.2) is 0 Å². The summed E-state index contributed by atoms with van der Waals surface area (Å²) in [5.74, 6) is 0. The number of nitrogens with one attached hydrogen (secondary N) is 1. The predicted octanol–water partition coefficient (Wildman–Crippen LogP) is 0.0725. The van der Waals surface area contributed by atoms with Crippen LogP contribution in [0.4, 0.5) is 0 Å². The first-order valence-electron chi connectivity index (χ1n) is 2.18. The van der Waals surface area contributed by atoms with Gasteiger partial charge in [0.1, 0.15) is 0 Å². The highest BCUT2D eigenvalue weighted by molar-refractivity contribution is 4.24. The van der Waals surface area contributed by atoms with Crippen molar-refractivity contribution in [3.8, 4) is 0 Å². The predicted molar refractivity (Wildman–Crippen MR) is 27.4 cm³/mol. The number of nitrogens with zero attached hydrogens (tertiary/aromatic N) is 1. The Morgan fingerprint density at radius 3 is 2.00 bits per heavy atom. The Morgan fingerprint density at radius 1 is 1.50 bits per heavy atom. The van der Waals surface area contributed by atoms with E-state index in [1.807, 2.05) is 19.1 Å². The summed E-state index contributed by atoms with van der Waals surface area (Å²) in [5, 5.41) is 1.93. The number of hydrogen-bond acceptors (Lipinski definition) is 2. The Labute approximate surface area is 39.1 Å². The van der Waals surface area contributed by atoms with Crippen LogP contribution in [0.25, 0.3) is 0 Å². The first-order valence-corrected chi connectivity index (χ1v) is 2.18. The van der Waals surface area contributed by atoms with Crippen molar-refractivity contribution in [2.75, 3.05) is 20.6 Å². The molecule has 0 amide bonds. The van der Waals surface area contributed by atoms with Gasteiger partial charge in [-0.3, -0.25) is 10.4 Å². The Kier molecular flexibility index (Phi) is 3.08. The van der Waals surface area contributed by atoms with E-state index < -0.39 is 0 Å². The van der Waals surface area contributed by atoms with Crippen molar-refractivity contribution >= 4 is 0 Å². The first-order chi connectivity index (χ1) is 2.77. The van der Waals surface area contributed by atoms with Gasteiger partial charge in [0.05, 0.1) is 0 Å². The SMILES string of the molecule is CCNN(C)C. The van der Waals surface area contributed by atoms with Crippen LogP contribution in [0.3, 0.4) is 0 Å². The van der Waals surface area contributed by atoms with Gasteiger partial charge in [-0.2, -0.15) is 0 Å². The van der Waals surface area contributed by atoms with Gasteiger partial charge >= 0.3 is 0 Å². The van der Waals surface area contributed by atoms with Crippen LogP contribution in [-0.4, -0.2) is 25.6 Å². The molecule has 0 aromatic rings. The summed E-state index contributed by atoms with van der Waals surface area (Å²) in [6, 6.07) is 0. The maximum absolute atomic E-state index is 3.04. The van der Waals surface area contributed by atoms with Crippen molar-refractivity contribution in [1.29, 1.82) is 0 Å². The molecule has 0 saturated heterocycles. The van der Waals surface area contributed by atoms with Gasteiger partial charge in [0.2, 0.25) is 0 Å². The van der Waals surface area contributed by atoms with Crippen LogP contribution in [0.5, 0.6) is 0 Å². The highest BCUT2D eigenvalue weighted by Crippen LogP contribution is 1.57. The fourth-order valence-corrected chi connectivity index (χ4v) is 0.316. The van der Waals surface area contributed by atoms with Crippen molar-refractivity contribution in [3.05, 3.63) is 0 Å². The molecule has 0 spiro atoms. The molecule has 1 N–H and O–H groups in total. The fourth-order valence-electron chi connectivity index (χ4n) is 0.316. The molecule has 0 aliphatic carbocycles. The molecule has 0 aliphatic rings. The van der Waals surface area contributed by atoms with Crippen LogP contribution in [-0.2, 0) is 0 Å². The lowest BCUT2D eigenvalue weighted by Gasteiger charge is -2.07. The van der Waals surface area contributed by atoms with E-state index in [-0.39, 0.29) is 0 Å². The van der Waals surface area contributed by atoms with Gasteiger partial charge < -0.3 is 0 Å². The Morgan fingerprint density at radius 2 is 2.00 bits per heavy atom. The second-order valence-electron chi connectivity index (χ2n) is 1.41. The minimum Gasteiger partial charge on any atom is -0.256 e. The van der Waals surface area contributed by atoms with E-state index in [1.54, 1.807) is 0 Å². The first kappa shape index (κ1) is 5.92. The van der Waals surface area contributed by atoms with Crippen molar-refractivity contribution in [2.45, 2.75) is 6.92 Å². The van der Waals surface area contributed by atoms with E-state index in [0.29, 0.717) is 0 Å².